The second-order valence-corrected chi connectivity index (χ2v) is 8.61. The van der Waals surface area contributed by atoms with Gasteiger partial charge in [-0.15, -0.1) is 11.3 Å². The molecular formula is C18H30N4OS. The number of hydrogen-bond donors (Lipinski definition) is 1. The molecule has 1 aromatic rings. The van der Waals surface area contributed by atoms with E-state index in [-0.39, 0.29) is 0 Å². The summed E-state index contributed by atoms with van der Waals surface area (Å²) in [6.45, 7) is 11.2. The zero-order chi connectivity index (χ0) is 16.9. The maximum absolute atomic E-state index is 12.6. The predicted octanol–water partition coefficient (Wildman–Crippen LogP) is 2.12. The molecule has 2 saturated heterocycles. The Morgan fingerprint density at radius 3 is 2.83 bits per heavy atom. The highest BCUT2D eigenvalue weighted by atomic mass is 32.1. The van der Waals surface area contributed by atoms with E-state index < -0.39 is 0 Å². The van der Waals surface area contributed by atoms with Crippen LogP contribution in [0.15, 0.2) is 6.20 Å². The molecule has 2 aliphatic rings. The summed E-state index contributed by atoms with van der Waals surface area (Å²) in [5.74, 6) is 1.50. The fourth-order valence-corrected chi connectivity index (χ4v) is 4.63. The molecule has 2 aliphatic heterocycles. The molecule has 1 aromatic heterocycles. The van der Waals surface area contributed by atoms with Gasteiger partial charge < -0.3 is 10.2 Å². The van der Waals surface area contributed by atoms with Gasteiger partial charge in [-0.25, -0.2) is 4.98 Å². The van der Waals surface area contributed by atoms with Gasteiger partial charge >= 0.3 is 0 Å². The molecule has 6 heteroatoms. The molecule has 2 fully saturated rings. The molecule has 2 atom stereocenters. The Kier molecular flexibility index (Phi) is 6.25. The smallest absolute Gasteiger partial charge is 0.222 e. The molecule has 24 heavy (non-hydrogen) atoms. The number of nitrogens with zero attached hydrogens (tertiary/aromatic N) is 3. The fourth-order valence-electron chi connectivity index (χ4n) is 3.79. The Hall–Kier alpha value is -0.980. The lowest BCUT2D eigenvalue weighted by Crippen LogP contribution is -2.48. The lowest BCUT2D eigenvalue weighted by atomic mass is 9.85. The first-order chi connectivity index (χ1) is 11.6. The lowest BCUT2D eigenvalue weighted by Gasteiger charge is -2.36. The van der Waals surface area contributed by atoms with Gasteiger partial charge in [0.05, 0.1) is 5.01 Å². The van der Waals surface area contributed by atoms with Crippen LogP contribution in [0.3, 0.4) is 0 Å². The van der Waals surface area contributed by atoms with Gasteiger partial charge in [0, 0.05) is 50.2 Å². The molecule has 1 N–H and O–H groups in total. The van der Waals surface area contributed by atoms with Crippen LogP contribution in [0.1, 0.15) is 36.1 Å². The standard InChI is InChI=1S/C18H30N4OS/c1-14(16-4-3-5-19-11-16)10-18(23)22-8-6-21(7-9-22)13-17-12-20-15(2)24-17/h12,14,16,19H,3-11,13H2,1-2H3. The first-order valence-corrected chi connectivity index (χ1v) is 10.1. The van der Waals surface area contributed by atoms with Crippen LogP contribution in [0.4, 0.5) is 0 Å². The molecule has 0 radical (unpaired) electrons. The van der Waals surface area contributed by atoms with Crippen molar-refractivity contribution in [1.82, 2.24) is 20.1 Å². The van der Waals surface area contributed by atoms with Crippen LogP contribution in [-0.4, -0.2) is 60.0 Å². The summed E-state index contributed by atoms with van der Waals surface area (Å²) in [5, 5.41) is 4.59. The first-order valence-electron chi connectivity index (χ1n) is 9.24. The number of amides is 1. The average molecular weight is 351 g/mol. The van der Waals surface area contributed by atoms with Gasteiger partial charge in [-0.05, 0) is 44.7 Å². The van der Waals surface area contributed by atoms with Gasteiger partial charge in [0.25, 0.3) is 0 Å². The summed E-state index contributed by atoms with van der Waals surface area (Å²) in [6.07, 6.45) is 5.21. The van der Waals surface area contributed by atoms with Crippen molar-refractivity contribution < 1.29 is 4.79 Å². The van der Waals surface area contributed by atoms with Crippen LogP contribution in [0.25, 0.3) is 0 Å². The number of hydrogen-bond acceptors (Lipinski definition) is 5. The third-order valence-electron chi connectivity index (χ3n) is 5.41. The van der Waals surface area contributed by atoms with Crippen LogP contribution in [-0.2, 0) is 11.3 Å². The SMILES string of the molecule is Cc1ncc(CN2CCN(C(=O)CC(C)C3CCCNC3)CC2)s1. The summed E-state index contributed by atoms with van der Waals surface area (Å²) in [5.41, 5.74) is 0. The van der Waals surface area contributed by atoms with Crippen molar-refractivity contribution in [1.29, 1.82) is 0 Å². The number of rotatable bonds is 5. The quantitative estimate of drug-likeness (QED) is 0.884. The zero-order valence-corrected chi connectivity index (χ0v) is 15.8. The third-order valence-corrected chi connectivity index (χ3v) is 6.31. The predicted molar refractivity (Wildman–Crippen MR) is 98.1 cm³/mol. The molecule has 5 nitrogen and oxygen atoms in total. The monoisotopic (exact) mass is 350 g/mol. The summed E-state index contributed by atoms with van der Waals surface area (Å²) in [7, 11) is 0. The van der Waals surface area contributed by atoms with E-state index in [1.54, 1.807) is 11.3 Å². The fraction of sp³-hybridized carbons (Fsp3) is 0.778. The van der Waals surface area contributed by atoms with Crippen LogP contribution >= 0.6 is 11.3 Å². The average Bonchev–Trinajstić information content (AvgIpc) is 3.01. The number of carbonyl (C=O) groups is 1. The normalized spacial score (nSPS) is 24.1. The summed E-state index contributed by atoms with van der Waals surface area (Å²) >= 11 is 1.77. The molecule has 0 aliphatic carbocycles. The summed E-state index contributed by atoms with van der Waals surface area (Å²) < 4.78 is 0. The van der Waals surface area contributed by atoms with Crippen LogP contribution in [0, 0.1) is 18.8 Å². The molecule has 0 saturated carbocycles. The van der Waals surface area contributed by atoms with Crippen molar-refractivity contribution in [3.05, 3.63) is 16.1 Å². The van der Waals surface area contributed by atoms with E-state index in [0.29, 0.717) is 24.2 Å². The number of piperazine rings is 1. The number of carbonyl (C=O) groups excluding carboxylic acids is 1. The number of thiazole rings is 1. The first kappa shape index (κ1) is 17.8. The van der Waals surface area contributed by atoms with E-state index in [1.807, 2.05) is 13.1 Å². The number of nitrogens with one attached hydrogen (secondary N) is 1. The number of aryl methyl sites for hydroxylation is 1. The highest BCUT2D eigenvalue weighted by Gasteiger charge is 2.26. The largest absolute Gasteiger partial charge is 0.340 e. The van der Waals surface area contributed by atoms with Crippen molar-refractivity contribution in [2.24, 2.45) is 11.8 Å². The molecule has 134 valence electrons. The van der Waals surface area contributed by atoms with E-state index in [2.05, 4.69) is 27.0 Å². The molecule has 0 aromatic carbocycles. The molecular weight excluding hydrogens is 320 g/mol. The van der Waals surface area contributed by atoms with Gasteiger partial charge in [-0.1, -0.05) is 6.92 Å². The minimum absolute atomic E-state index is 0.348. The highest BCUT2D eigenvalue weighted by Crippen LogP contribution is 2.23. The Labute approximate surface area is 149 Å². The van der Waals surface area contributed by atoms with E-state index in [4.69, 9.17) is 0 Å². The van der Waals surface area contributed by atoms with Crippen molar-refractivity contribution >= 4 is 17.2 Å². The Morgan fingerprint density at radius 1 is 1.42 bits per heavy atom. The molecule has 0 spiro atoms. The molecule has 3 heterocycles. The molecule has 0 bridgehead atoms. The van der Waals surface area contributed by atoms with Gasteiger partial charge in [-0.2, -0.15) is 0 Å². The minimum atomic E-state index is 0.348. The highest BCUT2D eigenvalue weighted by molar-refractivity contribution is 7.11. The van der Waals surface area contributed by atoms with Gasteiger partial charge in [0.1, 0.15) is 0 Å². The zero-order valence-electron chi connectivity index (χ0n) is 15.0. The van der Waals surface area contributed by atoms with Crippen LogP contribution in [0.2, 0.25) is 0 Å². The number of piperidine rings is 1. The Morgan fingerprint density at radius 2 is 2.21 bits per heavy atom. The van der Waals surface area contributed by atoms with E-state index in [1.165, 1.54) is 17.7 Å². The van der Waals surface area contributed by atoms with Crippen molar-refractivity contribution in [3.8, 4) is 0 Å². The second kappa shape index (κ2) is 8.41. The molecule has 1 amide bonds. The van der Waals surface area contributed by atoms with Gasteiger partial charge in [0.15, 0.2) is 0 Å². The Bertz CT molecular complexity index is 533. The minimum Gasteiger partial charge on any atom is -0.340 e. The van der Waals surface area contributed by atoms with Gasteiger partial charge in [-0.3, -0.25) is 9.69 Å². The third kappa shape index (κ3) is 4.77. The van der Waals surface area contributed by atoms with Crippen molar-refractivity contribution in [2.45, 2.75) is 39.7 Å². The van der Waals surface area contributed by atoms with Gasteiger partial charge in [0.2, 0.25) is 5.91 Å². The van der Waals surface area contributed by atoms with Crippen molar-refractivity contribution in [3.63, 3.8) is 0 Å². The Balaban J connectivity index is 1.41. The van der Waals surface area contributed by atoms with Crippen LogP contribution < -0.4 is 5.32 Å². The lowest BCUT2D eigenvalue weighted by molar-refractivity contribution is -0.134. The van der Waals surface area contributed by atoms with E-state index in [0.717, 1.165) is 50.8 Å². The summed E-state index contributed by atoms with van der Waals surface area (Å²) in [4.78, 5) is 22.8. The number of aromatic nitrogens is 1. The van der Waals surface area contributed by atoms with E-state index >= 15 is 0 Å². The van der Waals surface area contributed by atoms with E-state index in [9.17, 15) is 4.79 Å². The van der Waals surface area contributed by atoms with Crippen LogP contribution in [0.5, 0.6) is 0 Å². The maximum Gasteiger partial charge on any atom is 0.222 e. The summed E-state index contributed by atoms with van der Waals surface area (Å²) in [6, 6.07) is 0. The van der Waals surface area contributed by atoms with Crippen molar-refractivity contribution in [2.75, 3.05) is 39.3 Å². The maximum atomic E-state index is 12.6. The molecule has 2 unspecified atom stereocenters. The second-order valence-electron chi connectivity index (χ2n) is 7.29. The topological polar surface area (TPSA) is 48.5 Å². The molecule has 3 rings (SSSR count).